The summed E-state index contributed by atoms with van der Waals surface area (Å²) in [6.07, 6.45) is -1.53. The van der Waals surface area contributed by atoms with Crippen molar-refractivity contribution in [1.29, 1.82) is 0 Å². The Morgan fingerprint density at radius 3 is 2.85 bits per heavy atom. The summed E-state index contributed by atoms with van der Waals surface area (Å²) in [7, 11) is 1.51. The molecule has 0 amide bonds. The molecule has 1 aliphatic heterocycles. The first-order chi connectivity index (χ1) is 9.47. The van der Waals surface area contributed by atoms with E-state index >= 15 is 0 Å². The molecule has 4 nitrogen and oxygen atoms in total. The Bertz CT molecular complexity index is 445. The molecule has 1 N–H and O–H groups in total. The topological polar surface area (TPSA) is 39.1 Å². The van der Waals surface area contributed by atoms with Crippen LogP contribution in [0, 0.1) is 5.92 Å². The van der Waals surface area contributed by atoms with E-state index in [2.05, 4.69) is 10.4 Å². The van der Waals surface area contributed by atoms with Crippen LogP contribution in [0.4, 0.5) is 13.2 Å². The van der Waals surface area contributed by atoms with Crippen molar-refractivity contribution in [3.05, 3.63) is 11.9 Å². The minimum absolute atomic E-state index is 0.0370. The van der Waals surface area contributed by atoms with E-state index in [1.165, 1.54) is 7.11 Å². The highest BCUT2D eigenvalue weighted by molar-refractivity contribution is 5.29. The number of methoxy groups -OCH3 is 1. The molecule has 2 rings (SSSR count). The highest BCUT2D eigenvalue weighted by Crippen LogP contribution is 2.40. The van der Waals surface area contributed by atoms with Crippen LogP contribution in [0.2, 0.25) is 0 Å². The predicted molar refractivity (Wildman–Crippen MR) is 68.6 cm³/mol. The van der Waals surface area contributed by atoms with Crippen molar-refractivity contribution in [3.8, 4) is 5.75 Å². The third kappa shape index (κ3) is 3.08. The van der Waals surface area contributed by atoms with Gasteiger partial charge >= 0.3 is 6.18 Å². The first kappa shape index (κ1) is 15.2. The van der Waals surface area contributed by atoms with Crippen LogP contribution in [-0.2, 0) is 6.54 Å². The summed E-state index contributed by atoms with van der Waals surface area (Å²) >= 11 is 0. The van der Waals surface area contributed by atoms with E-state index in [1.807, 2.05) is 6.92 Å². The van der Waals surface area contributed by atoms with Crippen molar-refractivity contribution in [2.45, 2.75) is 44.9 Å². The monoisotopic (exact) mass is 291 g/mol. The van der Waals surface area contributed by atoms with Crippen LogP contribution in [0.3, 0.4) is 0 Å². The fourth-order valence-electron chi connectivity index (χ4n) is 2.70. The molecule has 20 heavy (non-hydrogen) atoms. The predicted octanol–water partition coefficient (Wildman–Crippen LogP) is 2.90. The van der Waals surface area contributed by atoms with Crippen LogP contribution in [0.25, 0.3) is 0 Å². The lowest BCUT2D eigenvalue weighted by atomic mass is 9.90. The number of nitrogens with one attached hydrogen (secondary N) is 1. The van der Waals surface area contributed by atoms with Crippen LogP contribution in [-0.4, -0.2) is 29.6 Å². The Kier molecular flexibility index (Phi) is 4.57. The van der Waals surface area contributed by atoms with Crippen molar-refractivity contribution >= 4 is 0 Å². The summed E-state index contributed by atoms with van der Waals surface area (Å²) in [6, 6.07) is -0.362. The van der Waals surface area contributed by atoms with Gasteiger partial charge < -0.3 is 10.1 Å². The van der Waals surface area contributed by atoms with E-state index in [-0.39, 0.29) is 18.9 Å². The molecule has 0 bridgehead atoms. The summed E-state index contributed by atoms with van der Waals surface area (Å²) in [6.45, 7) is 3.04. The van der Waals surface area contributed by atoms with Crippen LogP contribution in [0.5, 0.6) is 5.75 Å². The van der Waals surface area contributed by atoms with Crippen LogP contribution in [0.15, 0.2) is 6.20 Å². The minimum atomic E-state index is -4.14. The lowest BCUT2D eigenvalue weighted by molar-refractivity contribution is -0.183. The number of aromatic nitrogens is 2. The molecule has 0 saturated carbocycles. The Morgan fingerprint density at radius 2 is 2.25 bits per heavy atom. The Balaban J connectivity index is 2.23. The first-order valence-corrected chi connectivity index (χ1v) is 6.87. The number of piperidine rings is 1. The molecule has 1 aromatic rings. The van der Waals surface area contributed by atoms with Crippen LogP contribution < -0.4 is 10.1 Å². The summed E-state index contributed by atoms with van der Waals surface area (Å²) in [5.41, 5.74) is 0.725. The second kappa shape index (κ2) is 6.03. The van der Waals surface area contributed by atoms with Gasteiger partial charge in [-0.05, 0) is 25.8 Å². The summed E-state index contributed by atoms with van der Waals surface area (Å²) < 4.78 is 45.7. The molecule has 1 aliphatic rings. The molecule has 7 heteroatoms. The number of rotatable bonds is 4. The second-order valence-corrected chi connectivity index (χ2v) is 5.09. The maximum absolute atomic E-state index is 12.9. The third-order valence-electron chi connectivity index (χ3n) is 3.70. The zero-order valence-corrected chi connectivity index (χ0v) is 11.7. The van der Waals surface area contributed by atoms with E-state index in [9.17, 15) is 13.2 Å². The molecular weight excluding hydrogens is 271 g/mol. The highest BCUT2D eigenvalue weighted by Gasteiger charge is 2.43. The molecule has 2 atom stereocenters. The van der Waals surface area contributed by atoms with Gasteiger partial charge in [0.2, 0.25) is 0 Å². The molecular formula is C13H20F3N3O. The smallest absolute Gasteiger partial charge is 0.391 e. The maximum atomic E-state index is 12.9. The molecule has 1 saturated heterocycles. The zero-order chi connectivity index (χ0) is 14.8. The number of aryl methyl sites for hydroxylation is 1. The fourth-order valence-corrected chi connectivity index (χ4v) is 2.70. The summed E-state index contributed by atoms with van der Waals surface area (Å²) in [5.74, 6) is -0.706. The standard InChI is InChI=1S/C13H20F3N3O/c1-3-6-19-12(11(20-2)8-18-19)10-7-9(4-5-17-10)13(14,15)16/h8-10,17H,3-7H2,1-2H3. The van der Waals surface area contributed by atoms with Gasteiger partial charge in [0.1, 0.15) is 0 Å². The van der Waals surface area contributed by atoms with E-state index < -0.39 is 12.1 Å². The summed E-state index contributed by atoms with van der Waals surface area (Å²) in [5, 5.41) is 7.37. The Labute approximate surface area is 116 Å². The van der Waals surface area contributed by atoms with Gasteiger partial charge in [-0.15, -0.1) is 0 Å². The highest BCUT2D eigenvalue weighted by atomic mass is 19.4. The van der Waals surface area contributed by atoms with Gasteiger partial charge in [0.15, 0.2) is 5.75 Å². The molecule has 0 spiro atoms. The minimum Gasteiger partial charge on any atom is -0.493 e. The maximum Gasteiger partial charge on any atom is 0.391 e. The van der Waals surface area contributed by atoms with Gasteiger partial charge in [-0.25, -0.2) is 0 Å². The van der Waals surface area contributed by atoms with Crippen molar-refractivity contribution < 1.29 is 17.9 Å². The molecule has 0 aliphatic carbocycles. The second-order valence-electron chi connectivity index (χ2n) is 5.09. The Morgan fingerprint density at radius 1 is 1.50 bits per heavy atom. The number of hydrogen-bond donors (Lipinski definition) is 1. The van der Waals surface area contributed by atoms with E-state index in [0.29, 0.717) is 18.8 Å². The van der Waals surface area contributed by atoms with E-state index in [1.54, 1.807) is 10.9 Å². The van der Waals surface area contributed by atoms with Crippen molar-refractivity contribution in [1.82, 2.24) is 15.1 Å². The number of ether oxygens (including phenoxy) is 1. The third-order valence-corrected chi connectivity index (χ3v) is 3.70. The molecule has 0 aromatic carbocycles. The number of halogens is 3. The molecule has 1 aromatic heterocycles. The quantitative estimate of drug-likeness (QED) is 0.927. The normalized spacial score (nSPS) is 23.9. The molecule has 1 fully saturated rings. The van der Waals surface area contributed by atoms with Gasteiger partial charge in [0.05, 0.1) is 31.0 Å². The van der Waals surface area contributed by atoms with Crippen LogP contribution in [0.1, 0.15) is 37.9 Å². The number of nitrogens with zero attached hydrogens (tertiary/aromatic N) is 2. The first-order valence-electron chi connectivity index (χ1n) is 6.87. The van der Waals surface area contributed by atoms with Crippen molar-refractivity contribution in [2.75, 3.05) is 13.7 Å². The zero-order valence-electron chi connectivity index (χ0n) is 11.7. The fraction of sp³-hybridized carbons (Fsp3) is 0.769. The molecule has 2 unspecified atom stereocenters. The van der Waals surface area contributed by atoms with E-state index in [0.717, 1.165) is 12.1 Å². The van der Waals surface area contributed by atoms with Gasteiger partial charge in [-0.3, -0.25) is 4.68 Å². The molecule has 0 radical (unpaired) electrons. The largest absolute Gasteiger partial charge is 0.493 e. The average molecular weight is 291 g/mol. The van der Waals surface area contributed by atoms with Gasteiger partial charge in [0, 0.05) is 6.54 Å². The number of alkyl halides is 3. The average Bonchev–Trinajstić information content (AvgIpc) is 2.81. The lowest BCUT2D eigenvalue weighted by Crippen LogP contribution is -2.39. The van der Waals surface area contributed by atoms with Gasteiger partial charge in [-0.1, -0.05) is 6.92 Å². The molecule has 2 heterocycles. The van der Waals surface area contributed by atoms with Gasteiger partial charge in [0.25, 0.3) is 0 Å². The lowest BCUT2D eigenvalue weighted by Gasteiger charge is -2.32. The van der Waals surface area contributed by atoms with Gasteiger partial charge in [-0.2, -0.15) is 18.3 Å². The SMILES string of the molecule is CCCn1ncc(OC)c1C1CC(C(F)(F)F)CCN1. The van der Waals surface area contributed by atoms with Crippen molar-refractivity contribution in [3.63, 3.8) is 0 Å². The number of hydrogen-bond acceptors (Lipinski definition) is 3. The van der Waals surface area contributed by atoms with E-state index in [4.69, 9.17) is 4.74 Å². The Hall–Kier alpha value is -1.24. The molecule has 114 valence electrons. The van der Waals surface area contributed by atoms with Crippen molar-refractivity contribution in [2.24, 2.45) is 5.92 Å². The summed E-state index contributed by atoms with van der Waals surface area (Å²) in [4.78, 5) is 0. The van der Waals surface area contributed by atoms with Crippen LogP contribution >= 0.6 is 0 Å².